The van der Waals surface area contributed by atoms with Crippen LogP contribution in [-0.4, -0.2) is 18.6 Å². The number of carbonyl (C=O) groups is 1. The third-order valence-electron chi connectivity index (χ3n) is 2.36. The van der Waals surface area contributed by atoms with Gasteiger partial charge in [-0.25, -0.2) is 4.79 Å². The average molecular weight is 205 g/mol. The molecule has 1 N–H and O–H groups in total. The maximum atomic E-state index is 11.6. The maximum absolute atomic E-state index is 11.6. The average Bonchev–Trinajstić information content (AvgIpc) is 3.03. The van der Waals surface area contributed by atoms with Crippen molar-refractivity contribution in [2.24, 2.45) is 0 Å². The molecule has 0 heterocycles. The van der Waals surface area contributed by atoms with E-state index in [1.807, 2.05) is 25.1 Å². The Hall–Kier alpha value is -1.51. The summed E-state index contributed by atoms with van der Waals surface area (Å²) in [5.41, 5.74) is 1.52. The van der Waals surface area contributed by atoms with E-state index in [9.17, 15) is 4.79 Å². The summed E-state index contributed by atoms with van der Waals surface area (Å²) >= 11 is 0. The van der Waals surface area contributed by atoms with E-state index in [0.29, 0.717) is 18.2 Å². The van der Waals surface area contributed by atoms with Crippen LogP contribution in [0.3, 0.4) is 0 Å². The van der Waals surface area contributed by atoms with Crippen molar-refractivity contribution in [1.82, 2.24) is 0 Å². The molecule has 0 unspecified atom stereocenters. The zero-order valence-corrected chi connectivity index (χ0v) is 8.82. The lowest BCUT2D eigenvalue weighted by molar-refractivity contribution is 0.0527. The van der Waals surface area contributed by atoms with Gasteiger partial charge in [-0.1, -0.05) is 12.1 Å². The van der Waals surface area contributed by atoms with Crippen molar-refractivity contribution in [2.45, 2.75) is 25.8 Å². The number of hydrogen-bond acceptors (Lipinski definition) is 3. The Balaban J connectivity index is 2.16. The lowest BCUT2D eigenvalue weighted by Gasteiger charge is -2.09. The van der Waals surface area contributed by atoms with Crippen LogP contribution in [0.5, 0.6) is 0 Å². The Bertz CT molecular complexity index is 358. The van der Waals surface area contributed by atoms with Gasteiger partial charge in [-0.05, 0) is 31.9 Å². The molecule has 1 aromatic rings. The predicted octanol–water partition coefficient (Wildman–Crippen LogP) is 2.44. The van der Waals surface area contributed by atoms with Crippen LogP contribution < -0.4 is 5.32 Å². The van der Waals surface area contributed by atoms with Crippen molar-refractivity contribution in [3.63, 3.8) is 0 Å². The number of hydrogen-bond donors (Lipinski definition) is 1. The second-order valence-corrected chi connectivity index (χ2v) is 3.68. The monoisotopic (exact) mass is 205 g/mol. The molecule has 1 aromatic carbocycles. The fraction of sp³-hybridized carbons (Fsp3) is 0.417. The SMILES string of the molecule is CCOC(=O)c1ccccc1NC1CC1. The molecule has 3 heteroatoms. The number of carbonyl (C=O) groups excluding carboxylic acids is 1. The van der Waals surface area contributed by atoms with Crippen molar-refractivity contribution in [1.29, 1.82) is 0 Å². The number of nitrogens with one attached hydrogen (secondary N) is 1. The molecule has 1 aliphatic rings. The minimum Gasteiger partial charge on any atom is -0.462 e. The van der Waals surface area contributed by atoms with Gasteiger partial charge in [-0.15, -0.1) is 0 Å². The van der Waals surface area contributed by atoms with Crippen LogP contribution in [0.2, 0.25) is 0 Å². The van der Waals surface area contributed by atoms with Crippen molar-refractivity contribution in [3.05, 3.63) is 29.8 Å². The van der Waals surface area contributed by atoms with Crippen LogP contribution in [0.25, 0.3) is 0 Å². The van der Waals surface area contributed by atoms with Crippen LogP contribution in [0.4, 0.5) is 5.69 Å². The van der Waals surface area contributed by atoms with E-state index in [0.717, 1.165) is 5.69 Å². The highest BCUT2D eigenvalue weighted by Crippen LogP contribution is 2.26. The maximum Gasteiger partial charge on any atom is 0.340 e. The topological polar surface area (TPSA) is 38.3 Å². The molecular formula is C12H15NO2. The summed E-state index contributed by atoms with van der Waals surface area (Å²) in [7, 11) is 0. The van der Waals surface area contributed by atoms with Crippen molar-refractivity contribution < 1.29 is 9.53 Å². The van der Waals surface area contributed by atoms with Gasteiger partial charge in [0.25, 0.3) is 0 Å². The fourth-order valence-corrected chi connectivity index (χ4v) is 1.44. The highest BCUT2D eigenvalue weighted by Gasteiger charge is 2.23. The molecular weight excluding hydrogens is 190 g/mol. The van der Waals surface area contributed by atoms with Crippen LogP contribution in [-0.2, 0) is 4.74 Å². The van der Waals surface area contributed by atoms with Gasteiger partial charge in [0.05, 0.1) is 12.2 Å². The van der Waals surface area contributed by atoms with E-state index >= 15 is 0 Å². The van der Waals surface area contributed by atoms with Gasteiger partial charge in [-0.3, -0.25) is 0 Å². The standard InChI is InChI=1S/C12H15NO2/c1-2-15-12(14)10-5-3-4-6-11(10)13-9-7-8-9/h3-6,9,13H,2,7-8H2,1H3. The first-order chi connectivity index (χ1) is 7.31. The lowest BCUT2D eigenvalue weighted by Crippen LogP contribution is -2.10. The number of anilines is 1. The van der Waals surface area contributed by atoms with Crippen molar-refractivity contribution in [2.75, 3.05) is 11.9 Å². The molecule has 0 atom stereocenters. The van der Waals surface area contributed by atoms with Crippen LogP contribution in [0, 0.1) is 0 Å². The Labute approximate surface area is 89.4 Å². The highest BCUT2D eigenvalue weighted by atomic mass is 16.5. The van der Waals surface area contributed by atoms with Gasteiger partial charge in [-0.2, -0.15) is 0 Å². The first-order valence-corrected chi connectivity index (χ1v) is 5.34. The summed E-state index contributed by atoms with van der Waals surface area (Å²) in [4.78, 5) is 11.6. The Morgan fingerprint density at radius 2 is 2.20 bits per heavy atom. The van der Waals surface area contributed by atoms with Gasteiger partial charge < -0.3 is 10.1 Å². The zero-order valence-electron chi connectivity index (χ0n) is 8.82. The second-order valence-electron chi connectivity index (χ2n) is 3.68. The van der Waals surface area contributed by atoms with E-state index < -0.39 is 0 Å². The van der Waals surface area contributed by atoms with Crippen molar-refractivity contribution >= 4 is 11.7 Å². The molecule has 0 bridgehead atoms. The Kier molecular flexibility index (Phi) is 2.90. The number of rotatable bonds is 4. The Morgan fingerprint density at radius 3 is 2.87 bits per heavy atom. The van der Waals surface area contributed by atoms with Gasteiger partial charge in [0.1, 0.15) is 0 Å². The number of para-hydroxylation sites is 1. The molecule has 15 heavy (non-hydrogen) atoms. The minimum absolute atomic E-state index is 0.249. The van der Waals surface area contributed by atoms with Gasteiger partial charge in [0.2, 0.25) is 0 Å². The highest BCUT2D eigenvalue weighted by molar-refractivity contribution is 5.95. The number of ether oxygens (including phenoxy) is 1. The quantitative estimate of drug-likeness (QED) is 0.767. The second kappa shape index (κ2) is 4.34. The molecule has 1 aliphatic carbocycles. The molecule has 3 nitrogen and oxygen atoms in total. The third kappa shape index (κ3) is 2.49. The van der Waals surface area contributed by atoms with Crippen LogP contribution in [0.15, 0.2) is 24.3 Å². The van der Waals surface area contributed by atoms with Gasteiger partial charge in [0.15, 0.2) is 0 Å². The summed E-state index contributed by atoms with van der Waals surface area (Å²) in [6.07, 6.45) is 2.38. The molecule has 0 spiro atoms. The molecule has 0 aliphatic heterocycles. The van der Waals surface area contributed by atoms with E-state index in [-0.39, 0.29) is 5.97 Å². The molecule has 1 fully saturated rings. The smallest absolute Gasteiger partial charge is 0.340 e. The van der Waals surface area contributed by atoms with E-state index in [1.54, 1.807) is 6.07 Å². The largest absolute Gasteiger partial charge is 0.462 e. The molecule has 0 radical (unpaired) electrons. The molecule has 1 saturated carbocycles. The summed E-state index contributed by atoms with van der Waals surface area (Å²) in [6, 6.07) is 8.03. The first-order valence-electron chi connectivity index (χ1n) is 5.34. The molecule has 80 valence electrons. The van der Waals surface area contributed by atoms with Gasteiger partial charge in [0, 0.05) is 11.7 Å². The molecule has 0 amide bonds. The third-order valence-corrected chi connectivity index (χ3v) is 2.36. The Morgan fingerprint density at radius 1 is 1.47 bits per heavy atom. The molecule has 0 aromatic heterocycles. The van der Waals surface area contributed by atoms with Crippen molar-refractivity contribution in [3.8, 4) is 0 Å². The zero-order chi connectivity index (χ0) is 10.7. The van der Waals surface area contributed by atoms with E-state index in [2.05, 4.69) is 5.32 Å². The van der Waals surface area contributed by atoms with Gasteiger partial charge >= 0.3 is 5.97 Å². The predicted molar refractivity (Wildman–Crippen MR) is 59.0 cm³/mol. The summed E-state index contributed by atoms with van der Waals surface area (Å²) in [5.74, 6) is -0.249. The molecule has 2 rings (SSSR count). The molecule has 0 saturated heterocycles. The van der Waals surface area contributed by atoms with E-state index in [1.165, 1.54) is 12.8 Å². The normalized spacial score (nSPS) is 14.7. The minimum atomic E-state index is -0.249. The van der Waals surface area contributed by atoms with Crippen LogP contribution in [0.1, 0.15) is 30.1 Å². The van der Waals surface area contributed by atoms with E-state index in [4.69, 9.17) is 4.74 Å². The fourth-order valence-electron chi connectivity index (χ4n) is 1.44. The summed E-state index contributed by atoms with van der Waals surface area (Å²) in [6.45, 7) is 2.23. The number of esters is 1. The van der Waals surface area contributed by atoms with Crippen LogP contribution >= 0.6 is 0 Å². The lowest BCUT2D eigenvalue weighted by atomic mass is 10.2. The summed E-state index contributed by atoms with van der Waals surface area (Å²) < 4.78 is 4.99. The number of benzene rings is 1. The first kappa shape index (κ1) is 10.0. The summed E-state index contributed by atoms with van der Waals surface area (Å²) in [5, 5.41) is 3.32.